The maximum atomic E-state index is 2.36. The molecular formula is C4H8B. The van der Waals surface area contributed by atoms with Crippen LogP contribution in [-0.4, -0.2) is 7.28 Å². The fourth-order valence-corrected chi connectivity index (χ4v) is 0.722. The standard InChI is InChI=1S/C4H8B/c1-2-4-5-3-1/h1-4H2. The van der Waals surface area contributed by atoms with Crippen LogP contribution in [0.15, 0.2) is 0 Å². The monoisotopic (exact) mass is 67.1 g/mol. The Bertz CT molecular complexity index is 15.2. The molecule has 1 aliphatic rings. The molecule has 0 spiro atoms. The highest BCUT2D eigenvalue weighted by Gasteiger charge is 1.97. The third-order valence-electron chi connectivity index (χ3n) is 1.07. The molecular weight excluding hydrogens is 58.9 g/mol. The lowest BCUT2D eigenvalue weighted by Crippen LogP contribution is -1.68. The van der Waals surface area contributed by atoms with Crippen molar-refractivity contribution in [2.75, 3.05) is 0 Å². The molecule has 0 N–H and O–H groups in total. The van der Waals surface area contributed by atoms with Crippen LogP contribution in [0.3, 0.4) is 0 Å². The first-order chi connectivity index (χ1) is 2.50. The van der Waals surface area contributed by atoms with Gasteiger partial charge in [0.1, 0.15) is 7.28 Å². The maximum Gasteiger partial charge on any atom is 0.109 e. The molecule has 1 fully saturated rings. The first-order valence-corrected chi connectivity index (χ1v) is 2.32. The van der Waals surface area contributed by atoms with Crippen molar-refractivity contribution in [3.63, 3.8) is 0 Å². The van der Waals surface area contributed by atoms with Crippen LogP contribution in [0.5, 0.6) is 0 Å². The largest absolute Gasteiger partial charge is 0.109 e. The van der Waals surface area contributed by atoms with Gasteiger partial charge < -0.3 is 0 Å². The normalized spacial score (nSPS) is 22.4. The second-order valence-electron chi connectivity index (χ2n) is 1.57. The van der Waals surface area contributed by atoms with Gasteiger partial charge in [0.05, 0.1) is 0 Å². The lowest BCUT2D eigenvalue weighted by atomic mass is 9.77. The zero-order valence-corrected chi connectivity index (χ0v) is 3.41. The molecule has 0 bridgehead atoms. The first-order valence-electron chi connectivity index (χ1n) is 2.32. The second-order valence-corrected chi connectivity index (χ2v) is 1.57. The molecule has 1 rings (SSSR count). The molecule has 5 heavy (non-hydrogen) atoms. The van der Waals surface area contributed by atoms with Crippen LogP contribution < -0.4 is 0 Å². The van der Waals surface area contributed by atoms with Crippen molar-refractivity contribution in [1.82, 2.24) is 0 Å². The van der Waals surface area contributed by atoms with Crippen LogP contribution in [0.25, 0.3) is 0 Å². The molecule has 0 atom stereocenters. The van der Waals surface area contributed by atoms with Gasteiger partial charge in [0.2, 0.25) is 0 Å². The van der Waals surface area contributed by atoms with Gasteiger partial charge in [0.15, 0.2) is 0 Å². The molecule has 0 nitrogen and oxygen atoms in total. The Morgan fingerprint density at radius 3 is 1.80 bits per heavy atom. The van der Waals surface area contributed by atoms with Crippen LogP contribution in [0.4, 0.5) is 0 Å². The van der Waals surface area contributed by atoms with E-state index in [9.17, 15) is 0 Å². The minimum atomic E-state index is 1.38. The van der Waals surface area contributed by atoms with Gasteiger partial charge in [0, 0.05) is 0 Å². The maximum absolute atomic E-state index is 2.36. The van der Waals surface area contributed by atoms with Gasteiger partial charge in [-0.2, -0.15) is 0 Å². The van der Waals surface area contributed by atoms with Gasteiger partial charge in [-0.05, 0) is 0 Å². The van der Waals surface area contributed by atoms with Crippen molar-refractivity contribution in [3.05, 3.63) is 0 Å². The summed E-state index contributed by atoms with van der Waals surface area (Å²) in [4.78, 5) is 0. The second kappa shape index (κ2) is 1.49. The summed E-state index contributed by atoms with van der Waals surface area (Å²) in [7, 11) is 2.36. The van der Waals surface area contributed by atoms with Crippen LogP contribution in [0, 0.1) is 0 Å². The third-order valence-corrected chi connectivity index (χ3v) is 1.07. The van der Waals surface area contributed by atoms with Crippen molar-refractivity contribution in [1.29, 1.82) is 0 Å². The molecule has 1 heterocycles. The van der Waals surface area contributed by atoms with Crippen LogP contribution in [0.1, 0.15) is 12.8 Å². The van der Waals surface area contributed by atoms with E-state index in [-0.39, 0.29) is 0 Å². The summed E-state index contributed by atoms with van der Waals surface area (Å²) in [6.07, 6.45) is 5.64. The minimum Gasteiger partial charge on any atom is -0.0803 e. The molecule has 1 aliphatic heterocycles. The molecule has 0 saturated carbocycles. The lowest BCUT2D eigenvalue weighted by Gasteiger charge is -1.68. The Kier molecular flexibility index (Phi) is 0.971. The van der Waals surface area contributed by atoms with E-state index in [0.29, 0.717) is 0 Å². The van der Waals surface area contributed by atoms with Crippen LogP contribution in [0.2, 0.25) is 12.6 Å². The van der Waals surface area contributed by atoms with Crippen molar-refractivity contribution in [2.24, 2.45) is 0 Å². The summed E-state index contributed by atoms with van der Waals surface area (Å²) in [6, 6.07) is 0. The van der Waals surface area contributed by atoms with Gasteiger partial charge in [-0.3, -0.25) is 0 Å². The van der Waals surface area contributed by atoms with Crippen molar-refractivity contribution < 1.29 is 0 Å². The Balaban J connectivity index is 2.08. The lowest BCUT2D eigenvalue weighted by molar-refractivity contribution is 0.935. The Labute approximate surface area is 33.8 Å². The predicted octanol–water partition coefficient (Wildman–Crippen LogP) is 1.32. The van der Waals surface area contributed by atoms with E-state index in [1.54, 1.807) is 0 Å². The molecule has 0 amide bonds. The van der Waals surface area contributed by atoms with E-state index in [2.05, 4.69) is 7.28 Å². The van der Waals surface area contributed by atoms with Gasteiger partial charge in [-0.1, -0.05) is 25.5 Å². The summed E-state index contributed by atoms with van der Waals surface area (Å²) in [5, 5.41) is 0. The van der Waals surface area contributed by atoms with E-state index in [0.717, 1.165) is 0 Å². The van der Waals surface area contributed by atoms with Gasteiger partial charge in [-0.15, -0.1) is 0 Å². The molecule has 0 aromatic carbocycles. The van der Waals surface area contributed by atoms with Crippen LogP contribution >= 0.6 is 0 Å². The predicted molar refractivity (Wildman–Crippen MR) is 24.6 cm³/mol. The number of hydrogen-bond acceptors (Lipinski definition) is 0. The average Bonchev–Trinajstić information content (AvgIpc) is 1.76. The van der Waals surface area contributed by atoms with E-state index >= 15 is 0 Å². The molecule has 0 aliphatic carbocycles. The van der Waals surface area contributed by atoms with Gasteiger partial charge >= 0.3 is 0 Å². The molecule has 1 saturated heterocycles. The van der Waals surface area contributed by atoms with Crippen molar-refractivity contribution >= 4 is 7.28 Å². The Morgan fingerprint density at radius 2 is 1.60 bits per heavy atom. The van der Waals surface area contributed by atoms with Gasteiger partial charge in [-0.25, -0.2) is 0 Å². The Hall–Kier alpha value is 0.0649. The molecule has 1 heteroatoms. The number of rotatable bonds is 0. The van der Waals surface area contributed by atoms with E-state index < -0.39 is 0 Å². The average molecular weight is 66.9 g/mol. The molecule has 0 aromatic rings. The summed E-state index contributed by atoms with van der Waals surface area (Å²) in [6.45, 7) is 0. The third kappa shape index (κ3) is 0.676. The van der Waals surface area contributed by atoms with E-state index in [1.807, 2.05) is 0 Å². The summed E-state index contributed by atoms with van der Waals surface area (Å²) in [5.41, 5.74) is 0. The van der Waals surface area contributed by atoms with Crippen molar-refractivity contribution in [2.45, 2.75) is 25.5 Å². The Morgan fingerprint density at radius 1 is 1.00 bits per heavy atom. The highest BCUT2D eigenvalue weighted by atomic mass is 13.9. The fourth-order valence-electron chi connectivity index (χ4n) is 0.722. The zero-order valence-electron chi connectivity index (χ0n) is 3.41. The summed E-state index contributed by atoms with van der Waals surface area (Å²) >= 11 is 0. The SMILES string of the molecule is [B]1CCCC1. The highest BCUT2D eigenvalue weighted by molar-refractivity contribution is 6.36. The molecule has 0 unspecified atom stereocenters. The van der Waals surface area contributed by atoms with E-state index in [4.69, 9.17) is 0 Å². The summed E-state index contributed by atoms with van der Waals surface area (Å²) < 4.78 is 0. The zero-order chi connectivity index (χ0) is 3.54. The first kappa shape index (κ1) is 3.26. The molecule has 1 radical (unpaired) electrons. The quantitative estimate of drug-likeness (QED) is 0.375. The molecule has 27 valence electrons. The topological polar surface area (TPSA) is 0 Å². The minimum absolute atomic E-state index is 1.38. The van der Waals surface area contributed by atoms with E-state index in [1.165, 1.54) is 25.5 Å². The van der Waals surface area contributed by atoms with Crippen LogP contribution in [-0.2, 0) is 0 Å². The van der Waals surface area contributed by atoms with Crippen molar-refractivity contribution in [3.8, 4) is 0 Å². The smallest absolute Gasteiger partial charge is 0.0803 e. The molecule has 0 aromatic heterocycles. The highest BCUT2D eigenvalue weighted by Crippen LogP contribution is 2.09. The summed E-state index contributed by atoms with van der Waals surface area (Å²) in [5.74, 6) is 0. The fraction of sp³-hybridized carbons (Fsp3) is 1.00. The number of hydrogen-bond donors (Lipinski definition) is 0. The van der Waals surface area contributed by atoms with Gasteiger partial charge in [0.25, 0.3) is 0 Å².